The fourth-order valence-corrected chi connectivity index (χ4v) is 1.59. The van der Waals surface area contributed by atoms with E-state index in [-0.39, 0.29) is 0 Å². The Morgan fingerprint density at radius 1 is 1.06 bits per heavy atom. The lowest BCUT2D eigenvalue weighted by atomic mass is 10.1. The minimum Gasteiger partial charge on any atom is -0.354 e. The molecule has 2 rings (SSSR count). The van der Waals surface area contributed by atoms with Crippen LogP contribution in [0, 0.1) is 6.92 Å². The highest BCUT2D eigenvalue weighted by molar-refractivity contribution is 5.28. The van der Waals surface area contributed by atoms with E-state index in [1.165, 1.54) is 11.1 Å². The predicted molar refractivity (Wildman–Crippen MR) is 65.4 cm³/mol. The van der Waals surface area contributed by atoms with Crippen LogP contribution in [0.15, 0.2) is 42.7 Å². The Morgan fingerprint density at radius 2 is 1.81 bits per heavy atom. The first-order valence-electron chi connectivity index (χ1n) is 5.41. The molecule has 0 unspecified atom stereocenters. The second-order valence-corrected chi connectivity index (χ2v) is 3.68. The highest BCUT2D eigenvalue weighted by Gasteiger charge is 1.97. The van der Waals surface area contributed by atoms with Crippen molar-refractivity contribution < 1.29 is 0 Å². The van der Waals surface area contributed by atoms with E-state index in [0.29, 0.717) is 5.95 Å². The van der Waals surface area contributed by atoms with Gasteiger partial charge in [-0.05, 0) is 30.5 Å². The van der Waals surface area contributed by atoms with Crippen LogP contribution in [0.5, 0.6) is 0 Å². The van der Waals surface area contributed by atoms with Gasteiger partial charge in [0.15, 0.2) is 0 Å². The van der Waals surface area contributed by atoms with Crippen LogP contribution in [0.2, 0.25) is 0 Å². The minimum atomic E-state index is 0.691. The molecule has 0 atom stereocenters. The first kappa shape index (κ1) is 10.6. The van der Waals surface area contributed by atoms with Gasteiger partial charge in [0.05, 0.1) is 0 Å². The van der Waals surface area contributed by atoms with Gasteiger partial charge in [-0.3, -0.25) is 0 Å². The summed E-state index contributed by atoms with van der Waals surface area (Å²) in [6.07, 6.45) is 4.47. The first-order chi connectivity index (χ1) is 7.86. The summed E-state index contributed by atoms with van der Waals surface area (Å²) in [7, 11) is 0. The smallest absolute Gasteiger partial charge is 0.222 e. The Balaban J connectivity index is 1.87. The molecule has 0 fully saturated rings. The molecule has 16 heavy (non-hydrogen) atoms. The molecule has 0 aliphatic heterocycles. The van der Waals surface area contributed by atoms with Crippen LogP contribution in [0.25, 0.3) is 0 Å². The molecule has 0 spiro atoms. The van der Waals surface area contributed by atoms with Crippen LogP contribution in [-0.2, 0) is 6.42 Å². The van der Waals surface area contributed by atoms with Crippen molar-refractivity contribution in [3.05, 3.63) is 53.9 Å². The quantitative estimate of drug-likeness (QED) is 0.847. The van der Waals surface area contributed by atoms with Gasteiger partial charge in [-0.25, -0.2) is 9.97 Å². The Labute approximate surface area is 95.6 Å². The Kier molecular flexibility index (Phi) is 3.49. The third-order valence-corrected chi connectivity index (χ3v) is 2.50. The van der Waals surface area contributed by atoms with Crippen LogP contribution < -0.4 is 5.32 Å². The largest absolute Gasteiger partial charge is 0.354 e. The molecule has 1 aromatic heterocycles. The maximum atomic E-state index is 4.11. The van der Waals surface area contributed by atoms with Gasteiger partial charge in [0.1, 0.15) is 0 Å². The van der Waals surface area contributed by atoms with E-state index in [2.05, 4.69) is 46.5 Å². The maximum Gasteiger partial charge on any atom is 0.222 e. The van der Waals surface area contributed by atoms with Crippen molar-refractivity contribution in [1.29, 1.82) is 0 Å². The lowest BCUT2D eigenvalue weighted by Gasteiger charge is -2.06. The maximum absolute atomic E-state index is 4.11. The SMILES string of the molecule is Cc1ccccc1CCNc1ncccn1. The van der Waals surface area contributed by atoms with E-state index >= 15 is 0 Å². The van der Waals surface area contributed by atoms with E-state index in [1.54, 1.807) is 12.4 Å². The number of hydrogen-bond donors (Lipinski definition) is 1. The lowest BCUT2D eigenvalue weighted by Crippen LogP contribution is -2.08. The highest BCUT2D eigenvalue weighted by atomic mass is 15.1. The number of benzene rings is 1. The molecule has 0 aliphatic rings. The molecule has 2 aromatic rings. The summed E-state index contributed by atoms with van der Waals surface area (Å²) in [4.78, 5) is 8.22. The molecule has 1 N–H and O–H groups in total. The number of anilines is 1. The molecule has 1 heterocycles. The van der Waals surface area contributed by atoms with Crippen molar-refractivity contribution in [2.24, 2.45) is 0 Å². The number of rotatable bonds is 4. The molecule has 82 valence electrons. The molecule has 0 radical (unpaired) electrons. The Bertz CT molecular complexity index is 440. The molecule has 0 amide bonds. The van der Waals surface area contributed by atoms with Crippen molar-refractivity contribution in [3.8, 4) is 0 Å². The zero-order valence-corrected chi connectivity index (χ0v) is 9.35. The third kappa shape index (κ3) is 2.79. The summed E-state index contributed by atoms with van der Waals surface area (Å²) >= 11 is 0. The van der Waals surface area contributed by atoms with Gasteiger partial charge in [0.2, 0.25) is 5.95 Å². The van der Waals surface area contributed by atoms with Crippen LogP contribution in [0.1, 0.15) is 11.1 Å². The summed E-state index contributed by atoms with van der Waals surface area (Å²) < 4.78 is 0. The summed E-state index contributed by atoms with van der Waals surface area (Å²) in [6, 6.07) is 10.2. The molecule has 3 heteroatoms. The van der Waals surface area contributed by atoms with Gasteiger partial charge in [0.25, 0.3) is 0 Å². The standard InChI is InChI=1S/C13H15N3/c1-11-5-2-3-6-12(11)7-10-16-13-14-8-4-9-15-13/h2-6,8-9H,7,10H2,1H3,(H,14,15,16). The molecule has 0 saturated heterocycles. The monoisotopic (exact) mass is 213 g/mol. The van der Waals surface area contributed by atoms with E-state index in [1.807, 2.05) is 6.07 Å². The molecule has 0 aliphatic carbocycles. The molecule has 1 aromatic carbocycles. The van der Waals surface area contributed by atoms with Gasteiger partial charge < -0.3 is 5.32 Å². The average Bonchev–Trinajstić information content (AvgIpc) is 2.33. The van der Waals surface area contributed by atoms with Crippen LogP contribution in [-0.4, -0.2) is 16.5 Å². The van der Waals surface area contributed by atoms with Crippen molar-refractivity contribution in [1.82, 2.24) is 9.97 Å². The zero-order valence-electron chi connectivity index (χ0n) is 9.35. The van der Waals surface area contributed by atoms with Gasteiger partial charge in [-0.15, -0.1) is 0 Å². The normalized spacial score (nSPS) is 10.1. The summed E-state index contributed by atoms with van der Waals surface area (Å²) in [5, 5.41) is 3.20. The van der Waals surface area contributed by atoms with E-state index in [9.17, 15) is 0 Å². The highest BCUT2D eigenvalue weighted by Crippen LogP contribution is 2.07. The van der Waals surface area contributed by atoms with Crippen molar-refractivity contribution in [2.45, 2.75) is 13.3 Å². The molecular weight excluding hydrogens is 198 g/mol. The third-order valence-electron chi connectivity index (χ3n) is 2.50. The first-order valence-corrected chi connectivity index (χ1v) is 5.41. The second kappa shape index (κ2) is 5.26. The van der Waals surface area contributed by atoms with E-state index in [4.69, 9.17) is 0 Å². The lowest BCUT2D eigenvalue weighted by molar-refractivity contribution is 0.974. The fraction of sp³-hybridized carbons (Fsp3) is 0.231. The summed E-state index contributed by atoms with van der Waals surface area (Å²) in [6.45, 7) is 2.99. The summed E-state index contributed by atoms with van der Waals surface area (Å²) in [5.74, 6) is 0.691. The minimum absolute atomic E-state index is 0.691. The second-order valence-electron chi connectivity index (χ2n) is 3.68. The van der Waals surface area contributed by atoms with E-state index in [0.717, 1.165) is 13.0 Å². The topological polar surface area (TPSA) is 37.8 Å². The molecule has 3 nitrogen and oxygen atoms in total. The molecular formula is C13H15N3. The fourth-order valence-electron chi connectivity index (χ4n) is 1.59. The van der Waals surface area contributed by atoms with Crippen LogP contribution in [0.4, 0.5) is 5.95 Å². The number of aryl methyl sites for hydroxylation is 1. The zero-order chi connectivity index (χ0) is 11.2. The van der Waals surface area contributed by atoms with Gasteiger partial charge in [-0.1, -0.05) is 24.3 Å². The van der Waals surface area contributed by atoms with Crippen molar-refractivity contribution >= 4 is 5.95 Å². The Hall–Kier alpha value is -1.90. The number of aromatic nitrogens is 2. The molecule has 0 saturated carbocycles. The molecule has 0 bridgehead atoms. The van der Waals surface area contributed by atoms with Gasteiger partial charge >= 0.3 is 0 Å². The van der Waals surface area contributed by atoms with Crippen molar-refractivity contribution in [2.75, 3.05) is 11.9 Å². The summed E-state index contributed by atoms with van der Waals surface area (Å²) in [5.41, 5.74) is 2.70. The van der Waals surface area contributed by atoms with Gasteiger partial charge in [-0.2, -0.15) is 0 Å². The van der Waals surface area contributed by atoms with Crippen LogP contribution >= 0.6 is 0 Å². The van der Waals surface area contributed by atoms with Crippen molar-refractivity contribution in [3.63, 3.8) is 0 Å². The van der Waals surface area contributed by atoms with Crippen LogP contribution in [0.3, 0.4) is 0 Å². The predicted octanol–water partition coefficient (Wildman–Crippen LogP) is 2.44. The Morgan fingerprint density at radius 3 is 2.56 bits per heavy atom. The average molecular weight is 213 g/mol. The van der Waals surface area contributed by atoms with E-state index < -0.39 is 0 Å². The number of nitrogens with zero attached hydrogens (tertiary/aromatic N) is 2. The van der Waals surface area contributed by atoms with Gasteiger partial charge in [0, 0.05) is 18.9 Å². The number of nitrogens with one attached hydrogen (secondary N) is 1. The number of hydrogen-bond acceptors (Lipinski definition) is 3.